The molecule has 0 bridgehead atoms. The van der Waals surface area contributed by atoms with E-state index in [1.165, 1.54) is 23.3 Å². The van der Waals surface area contributed by atoms with Crippen LogP contribution in [0.1, 0.15) is 59.4 Å². The average Bonchev–Trinajstić information content (AvgIpc) is 3.06. The third kappa shape index (κ3) is 3.70. The minimum absolute atomic E-state index is 0.302. The molecule has 5 nitrogen and oxygen atoms in total. The predicted octanol–water partition coefficient (Wildman–Crippen LogP) is 4.62. The number of likely N-dealkylation sites (tertiary alicyclic amines) is 1. The Bertz CT molecular complexity index is 1160. The van der Waals surface area contributed by atoms with Crippen LogP contribution in [0, 0.1) is 26.6 Å². The summed E-state index contributed by atoms with van der Waals surface area (Å²) < 4.78 is 20.3. The minimum atomic E-state index is -0.705. The number of aromatic amines is 1. The molecule has 2 aliphatic rings. The van der Waals surface area contributed by atoms with Gasteiger partial charge in [-0.05, 0) is 75.1 Å². The molecule has 0 saturated carbocycles. The molecule has 2 aliphatic heterocycles. The second kappa shape index (κ2) is 7.87. The topological polar surface area (TPSA) is 68.7 Å². The summed E-state index contributed by atoms with van der Waals surface area (Å²) in [5.74, 6) is 0.500. The van der Waals surface area contributed by atoms with Crippen LogP contribution >= 0.6 is 0 Å². The Morgan fingerprint density at radius 3 is 2.62 bits per heavy atom. The number of benzene rings is 2. The van der Waals surface area contributed by atoms with Gasteiger partial charge in [0.25, 0.3) is 0 Å². The zero-order valence-corrected chi connectivity index (χ0v) is 18.9. The maximum Gasteiger partial charge on any atom is 0.126 e. The smallest absolute Gasteiger partial charge is 0.126 e. The molecule has 5 rings (SSSR count). The van der Waals surface area contributed by atoms with E-state index < -0.39 is 12.2 Å². The number of piperidine rings is 1. The lowest BCUT2D eigenvalue weighted by molar-refractivity contribution is -0.0588. The Kier molecular flexibility index (Phi) is 5.27. The maximum absolute atomic E-state index is 13.8. The van der Waals surface area contributed by atoms with Crippen molar-refractivity contribution in [2.24, 2.45) is 0 Å². The van der Waals surface area contributed by atoms with Gasteiger partial charge in [0.2, 0.25) is 0 Å². The second-order valence-corrected chi connectivity index (χ2v) is 9.65. The van der Waals surface area contributed by atoms with Crippen molar-refractivity contribution in [2.75, 3.05) is 19.6 Å². The molecule has 2 aromatic carbocycles. The number of aliphatic hydroxyl groups is 2. The van der Waals surface area contributed by atoms with Crippen molar-refractivity contribution in [2.45, 2.75) is 57.8 Å². The van der Waals surface area contributed by atoms with Crippen LogP contribution in [-0.4, -0.2) is 45.3 Å². The predicted molar refractivity (Wildman–Crippen MR) is 122 cm³/mol. The van der Waals surface area contributed by atoms with Crippen LogP contribution in [-0.2, 0) is 0 Å². The van der Waals surface area contributed by atoms with Crippen molar-refractivity contribution >= 4 is 10.9 Å². The Labute approximate surface area is 187 Å². The first kappa shape index (κ1) is 21.4. The van der Waals surface area contributed by atoms with Gasteiger partial charge in [-0.2, -0.15) is 0 Å². The number of H-pyrrole nitrogens is 1. The van der Waals surface area contributed by atoms with Crippen molar-refractivity contribution in [3.05, 3.63) is 64.1 Å². The molecule has 1 fully saturated rings. The van der Waals surface area contributed by atoms with Crippen molar-refractivity contribution < 1.29 is 19.3 Å². The number of aromatic nitrogens is 1. The highest BCUT2D eigenvalue weighted by molar-refractivity contribution is 5.85. The first-order chi connectivity index (χ1) is 15.2. The van der Waals surface area contributed by atoms with E-state index in [2.05, 4.69) is 23.7 Å². The van der Waals surface area contributed by atoms with E-state index in [1.807, 2.05) is 19.1 Å². The van der Waals surface area contributed by atoms with Crippen LogP contribution in [0.2, 0.25) is 0 Å². The number of hydrogen-bond donors (Lipinski definition) is 3. The van der Waals surface area contributed by atoms with E-state index in [0.717, 1.165) is 59.4 Å². The van der Waals surface area contributed by atoms with Gasteiger partial charge in [0, 0.05) is 53.8 Å². The molecule has 1 aromatic heterocycles. The summed E-state index contributed by atoms with van der Waals surface area (Å²) in [5, 5.41) is 22.6. The molecule has 1 saturated heterocycles. The Morgan fingerprint density at radius 1 is 1.16 bits per heavy atom. The number of aliphatic hydroxyl groups excluding tert-OH is 2. The highest BCUT2D eigenvalue weighted by atomic mass is 19.1. The van der Waals surface area contributed by atoms with E-state index in [-0.39, 0.29) is 11.4 Å². The highest BCUT2D eigenvalue weighted by Crippen LogP contribution is 2.45. The molecule has 0 radical (unpaired) electrons. The number of ether oxygens (including phenoxy) is 1. The van der Waals surface area contributed by atoms with Crippen LogP contribution in [0.5, 0.6) is 5.75 Å². The second-order valence-electron chi connectivity index (χ2n) is 9.65. The van der Waals surface area contributed by atoms with Crippen LogP contribution in [0.3, 0.4) is 0 Å². The molecular formula is C26H31FN2O3. The Balaban J connectivity index is 1.29. The van der Waals surface area contributed by atoms with Crippen molar-refractivity contribution in [3.8, 4) is 5.75 Å². The van der Waals surface area contributed by atoms with E-state index in [9.17, 15) is 14.6 Å². The zero-order valence-electron chi connectivity index (χ0n) is 18.9. The maximum atomic E-state index is 13.8. The van der Waals surface area contributed by atoms with E-state index in [1.54, 1.807) is 6.07 Å². The lowest BCUT2D eigenvalue weighted by Crippen LogP contribution is -2.51. The number of β-amino-alcohol motifs (C(OH)–C–C–N with tert-alkyl or cyclic N) is 1. The van der Waals surface area contributed by atoms with Crippen LogP contribution in [0.4, 0.5) is 4.39 Å². The monoisotopic (exact) mass is 438 g/mol. The molecule has 2 atom stereocenters. The van der Waals surface area contributed by atoms with Crippen LogP contribution in [0.25, 0.3) is 10.9 Å². The lowest BCUT2D eigenvalue weighted by atomic mass is 9.81. The molecule has 0 unspecified atom stereocenters. The summed E-state index contributed by atoms with van der Waals surface area (Å²) in [6.45, 7) is 8.08. The number of halogens is 1. The van der Waals surface area contributed by atoms with Crippen LogP contribution in [0.15, 0.2) is 30.3 Å². The number of fused-ring (bicyclic) bond motifs is 2. The molecule has 1 spiro atoms. The van der Waals surface area contributed by atoms with Gasteiger partial charge in [-0.3, -0.25) is 0 Å². The SMILES string of the molecule is Cc1cc2c(cc1C)[C@H](O)CC1(CCN(C[C@H](O)c3c(C)[nH]c4ccc(F)cc34)CC1)O2. The Hall–Kier alpha value is -2.41. The number of hydrogen-bond acceptors (Lipinski definition) is 4. The lowest BCUT2D eigenvalue weighted by Gasteiger charge is -2.46. The molecule has 170 valence electrons. The molecule has 32 heavy (non-hydrogen) atoms. The van der Waals surface area contributed by atoms with Crippen molar-refractivity contribution in [1.82, 2.24) is 9.88 Å². The summed E-state index contributed by atoms with van der Waals surface area (Å²) in [6.07, 6.45) is 0.970. The number of nitrogens with zero attached hydrogens (tertiary/aromatic N) is 1. The zero-order chi connectivity index (χ0) is 22.6. The highest BCUT2D eigenvalue weighted by Gasteiger charge is 2.43. The van der Waals surface area contributed by atoms with Gasteiger partial charge in [-0.25, -0.2) is 4.39 Å². The molecule has 0 aliphatic carbocycles. The van der Waals surface area contributed by atoms with Gasteiger partial charge in [0.15, 0.2) is 0 Å². The largest absolute Gasteiger partial charge is 0.487 e. The third-order valence-electron chi connectivity index (χ3n) is 7.41. The van der Waals surface area contributed by atoms with E-state index in [4.69, 9.17) is 4.74 Å². The summed E-state index contributed by atoms with van der Waals surface area (Å²) in [5.41, 5.74) is 5.33. The third-order valence-corrected chi connectivity index (χ3v) is 7.41. The molecule has 3 aromatic rings. The van der Waals surface area contributed by atoms with E-state index >= 15 is 0 Å². The van der Waals surface area contributed by atoms with Gasteiger partial charge in [-0.1, -0.05) is 0 Å². The first-order valence-corrected chi connectivity index (χ1v) is 11.4. The summed E-state index contributed by atoms with van der Waals surface area (Å²) in [6, 6.07) is 8.72. The number of aryl methyl sites for hydroxylation is 3. The molecule has 3 N–H and O–H groups in total. The fourth-order valence-corrected chi connectivity index (χ4v) is 5.43. The van der Waals surface area contributed by atoms with Gasteiger partial charge in [-0.15, -0.1) is 0 Å². The van der Waals surface area contributed by atoms with Crippen molar-refractivity contribution in [1.29, 1.82) is 0 Å². The quantitative estimate of drug-likeness (QED) is 0.558. The normalized spacial score (nSPS) is 21.5. The van der Waals surface area contributed by atoms with Crippen molar-refractivity contribution in [3.63, 3.8) is 0 Å². The molecule has 3 heterocycles. The Morgan fingerprint density at radius 2 is 1.88 bits per heavy atom. The number of nitrogens with one attached hydrogen (secondary N) is 1. The van der Waals surface area contributed by atoms with Gasteiger partial charge in [0.1, 0.15) is 17.2 Å². The van der Waals surface area contributed by atoms with Gasteiger partial charge >= 0.3 is 0 Å². The summed E-state index contributed by atoms with van der Waals surface area (Å²) in [4.78, 5) is 5.48. The standard InChI is InChI=1S/C26H31FN2O3/c1-15-10-20-22(30)13-26(32-24(20)11-16(15)2)6-8-29(9-7-26)14-23(31)25-17(3)28-21-5-4-18(27)12-19(21)25/h4-5,10-12,22-23,28,30-31H,6-9,13-14H2,1-3H3/t22-,23+/m1/s1. The van der Waals surface area contributed by atoms with Crippen LogP contribution < -0.4 is 4.74 Å². The fraction of sp³-hybridized carbons (Fsp3) is 0.462. The fourth-order valence-electron chi connectivity index (χ4n) is 5.43. The number of rotatable bonds is 3. The first-order valence-electron chi connectivity index (χ1n) is 11.4. The minimum Gasteiger partial charge on any atom is -0.487 e. The molecule has 0 amide bonds. The van der Waals surface area contributed by atoms with E-state index in [0.29, 0.717) is 13.0 Å². The summed E-state index contributed by atoms with van der Waals surface area (Å²) in [7, 11) is 0. The van der Waals surface area contributed by atoms with Gasteiger partial charge < -0.3 is 24.8 Å². The summed E-state index contributed by atoms with van der Waals surface area (Å²) >= 11 is 0. The molecular weight excluding hydrogens is 407 g/mol. The molecule has 6 heteroatoms. The van der Waals surface area contributed by atoms with Gasteiger partial charge in [0.05, 0.1) is 12.2 Å². The average molecular weight is 439 g/mol.